The summed E-state index contributed by atoms with van der Waals surface area (Å²) < 4.78 is 5.45. The van der Waals surface area contributed by atoms with Crippen LogP contribution in [-0.2, 0) is 4.79 Å². The smallest absolute Gasteiger partial charge is 0.262 e. The van der Waals surface area contributed by atoms with Gasteiger partial charge in [-0.05, 0) is 41.8 Å². The Morgan fingerprint density at radius 1 is 1.13 bits per heavy atom. The van der Waals surface area contributed by atoms with Gasteiger partial charge in [-0.25, -0.2) is 0 Å². The van der Waals surface area contributed by atoms with Gasteiger partial charge in [-0.3, -0.25) is 9.59 Å². The molecule has 0 bridgehead atoms. The number of amides is 2. The van der Waals surface area contributed by atoms with Crippen molar-refractivity contribution in [3.05, 3.63) is 59.7 Å². The number of nitrogens with one attached hydrogen (secondary N) is 1. The molecule has 120 valence electrons. The van der Waals surface area contributed by atoms with Crippen molar-refractivity contribution >= 4 is 17.5 Å². The monoisotopic (exact) mass is 312 g/mol. The van der Waals surface area contributed by atoms with Crippen LogP contribution in [0.15, 0.2) is 48.5 Å². The summed E-state index contributed by atoms with van der Waals surface area (Å²) in [6, 6.07) is 14.1. The van der Waals surface area contributed by atoms with E-state index in [1.54, 1.807) is 18.2 Å². The molecule has 0 aromatic heterocycles. The molecule has 0 unspecified atom stereocenters. The lowest BCUT2D eigenvalue weighted by Crippen LogP contribution is -2.20. The summed E-state index contributed by atoms with van der Waals surface area (Å²) in [6.45, 7) is 4.12. The molecular formula is C18H20N2O3. The zero-order valence-electron chi connectivity index (χ0n) is 13.2. The van der Waals surface area contributed by atoms with Crippen molar-refractivity contribution in [3.8, 4) is 5.75 Å². The fraction of sp³-hybridized carbons (Fsp3) is 0.222. The Bertz CT molecular complexity index is 694. The van der Waals surface area contributed by atoms with Gasteiger partial charge in [0.1, 0.15) is 5.75 Å². The van der Waals surface area contributed by atoms with Gasteiger partial charge in [-0.15, -0.1) is 0 Å². The lowest BCUT2D eigenvalue weighted by Gasteiger charge is -2.10. The second-order valence-corrected chi connectivity index (χ2v) is 5.51. The molecule has 5 nitrogen and oxygen atoms in total. The summed E-state index contributed by atoms with van der Waals surface area (Å²) in [5, 5.41) is 2.67. The number of anilines is 1. The number of primary amides is 1. The van der Waals surface area contributed by atoms with Gasteiger partial charge >= 0.3 is 0 Å². The van der Waals surface area contributed by atoms with E-state index in [4.69, 9.17) is 10.5 Å². The quantitative estimate of drug-likeness (QED) is 0.860. The molecule has 0 saturated carbocycles. The maximum Gasteiger partial charge on any atom is 0.262 e. The fourth-order valence-corrected chi connectivity index (χ4v) is 2.05. The summed E-state index contributed by atoms with van der Waals surface area (Å²) in [4.78, 5) is 23.0. The van der Waals surface area contributed by atoms with Crippen LogP contribution in [0.4, 0.5) is 5.69 Å². The first-order valence-electron chi connectivity index (χ1n) is 7.38. The highest BCUT2D eigenvalue weighted by atomic mass is 16.5. The summed E-state index contributed by atoms with van der Waals surface area (Å²) in [5.74, 6) is 0.238. The lowest BCUT2D eigenvalue weighted by molar-refractivity contribution is -0.118. The third kappa shape index (κ3) is 4.85. The fourth-order valence-electron chi connectivity index (χ4n) is 2.05. The Morgan fingerprint density at radius 3 is 2.43 bits per heavy atom. The number of nitrogens with two attached hydrogens (primary N) is 1. The molecule has 2 amide bonds. The first kappa shape index (κ1) is 16.5. The maximum absolute atomic E-state index is 11.9. The molecule has 2 aromatic rings. The maximum atomic E-state index is 11.9. The molecule has 2 rings (SSSR count). The van der Waals surface area contributed by atoms with Crippen molar-refractivity contribution in [1.82, 2.24) is 0 Å². The van der Waals surface area contributed by atoms with E-state index in [0.717, 1.165) is 0 Å². The van der Waals surface area contributed by atoms with Crippen LogP contribution in [0, 0.1) is 0 Å². The molecule has 23 heavy (non-hydrogen) atoms. The standard InChI is InChI=1S/C18H20N2O3/c1-12(2)13-6-8-16(9-7-13)23-11-17(21)20-15-5-3-4-14(10-15)18(19)22/h3-10,12H,11H2,1-2H3,(H2,19,22)(H,20,21). The van der Waals surface area contributed by atoms with Crippen LogP contribution in [0.5, 0.6) is 5.75 Å². The molecule has 0 heterocycles. The topological polar surface area (TPSA) is 81.4 Å². The highest BCUT2D eigenvalue weighted by Crippen LogP contribution is 2.18. The Morgan fingerprint density at radius 2 is 1.83 bits per heavy atom. The molecule has 0 fully saturated rings. The molecule has 5 heteroatoms. The third-order valence-corrected chi connectivity index (χ3v) is 3.35. The van der Waals surface area contributed by atoms with Crippen LogP contribution in [-0.4, -0.2) is 18.4 Å². The normalized spacial score (nSPS) is 10.4. The van der Waals surface area contributed by atoms with E-state index in [9.17, 15) is 9.59 Å². The average Bonchev–Trinajstić information content (AvgIpc) is 2.53. The number of ether oxygens (including phenoxy) is 1. The molecule has 2 aromatic carbocycles. The van der Waals surface area contributed by atoms with Crippen LogP contribution < -0.4 is 15.8 Å². The summed E-state index contributed by atoms with van der Waals surface area (Å²) in [6.07, 6.45) is 0. The van der Waals surface area contributed by atoms with E-state index < -0.39 is 5.91 Å². The van der Waals surface area contributed by atoms with Crippen molar-refractivity contribution < 1.29 is 14.3 Å². The summed E-state index contributed by atoms with van der Waals surface area (Å²) in [5.41, 5.74) is 7.26. The van der Waals surface area contributed by atoms with Gasteiger partial charge in [0.25, 0.3) is 5.91 Å². The number of carbonyl (C=O) groups excluding carboxylic acids is 2. The Balaban J connectivity index is 1.90. The molecule has 0 spiro atoms. The predicted molar refractivity (Wildman–Crippen MR) is 89.6 cm³/mol. The first-order valence-corrected chi connectivity index (χ1v) is 7.38. The van der Waals surface area contributed by atoms with Crippen LogP contribution in [0.25, 0.3) is 0 Å². The Kier molecular flexibility index (Phi) is 5.36. The molecule has 0 aliphatic rings. The third-order valence-electron chi connectivity index (χ3n) is 3.35. The van der Waals surface area contributed by atoms with E-state index in [1.165, 1.54) is 11.6 Å². The van der Waals surface area contributed by atoms with Crippen LogP contribution in [0.3, 0.4) is 0 Å². The zero-order valence-corrected chi connectivity index (χ0v) is 13.2. The van der Waals surface area contributed by atoms with Gasteiger partial charge in [-0.1, -0.05) is 32.0 Å². The van der Waals surface area contributed by atoms with Gasteiger partial charge in [0.2, 0.25) is 5.91 Å². The Labute approximate surface area is 135 Å². The highest BCUT2D eigenvalue weighted by molar-refractivity contribution is 5.96. The highest BCUT2D eigenvalue weighted by Gasteiger charge is 2.06. The van der Waals surface area contributed by atoms with Gasteiger partial charge in [0.15, 0.2) is 6.61 Å². The van der Waals surface area contributed by atoms with Gasteiger partial charge in [-0.2, -0.15) is 0 Å². The number of hydrogen-bond acceptors (Lipinski definition) is 3. The van der Waals surface area contributed by atoms with E-state index >= 15 is 0 Å². The number of carbonyl (C=O) groups is 2. The predicted octanol–water partition coefficient (Wildman–Crippen LogP) is 2.93. The summed E-state index contributed by atoms with van der Waals surface area (Å²) >= 11 is 0. The lowest BCUT2D eigenvalue weighted by atomic mass is 10.0. The van der Waals surface area contributed by atoms with Gasteiger partial charge in [0.05, 0.1) is 0 Å². The molecule has 0 saturated heterocycles. The van der Waals surface area contributed by atoms with Crippen LogP contribution in [0.2, 0.25) is 0 Å². The molecular weight excluding hydrogens is 292 g/mol. The summed E-state index contributed by atoms with van der Waals surface area (Å²) in [7, 11) is 0. The molecule has 0 aliphatic carbocycles. The number of hydrogen-bond donors (Lipinski definition) is 2. The van der Waals surface area contributed by atoms with E-state index in [1.807, 2.05) is 24.3 Å². The van der Waals surface area contributed by atoms with E-state index in [0.29, 0.717) is 22.9 Å². The zero-order chi connectivity index (χ0) is 16.8. The van der Waals surface area contributed by atoms with E-state index in [-0.39, 0.29) is 12.5 Å². The minimum absolute atomic E-state index is 0.109. The first-order chi connectivity index (χ1) is 11.0. The molecule has 0 aliphatic heterocycles. The van der Waals surface area contributed by atoms with E-state index in [2.05, 4.69) is 19.2 Å². The Hall–Kier alpha value is -2.82. The van der Waals surface area contributed by atoms with Gasteiger partial charge < -0.3 is 15.8 Å². The van der Waals surface area contributed by atoms with Crippen LogP contribution in [0.1, 0.15) is 35.7 Å². The second-order valence-electron chi connectivity index (χ2n) is 5.51. The second kappa shape index (κ2) is 7.45. The number of benzene rings is 2. The average molecular weight is 312 g/mol. The minimum atomic E-state index is -0.539. The largest absolute Gasteiger partial charge is 0.484 e. The molecule has 0 atom stereocenters. The minimum Gasteiger partial charge on any atom is -0.484 e. The molecule has 0 radical (unpaired) electrons. The number of rotatable bonds is 6. The van der Waals surface area contributed by atoms with Crippen molar-refractivity contribution in [1.29, 1.82) is 0 Å². The van der Waals surface area contributed by atoms with Crippen molar-refractivity contribution in [2.24, 2.45) is 5.73 Å². The van der Waals surface area contributed by atoms with Crippen molar-refractivity contribution in [2.45, 2.75) is 19.8 Å². The molecule has 3 N–H and O–H groups in total. The van der Waals surface area contributed by atoms with Crippen LogP contribution >= 0.6 is 0 Å². The van der Waals surface area contributed by atoms with Crippen molar-refractivity contribution in [2.75, 3.05) is 11.9 Å². The SMILES string of the molecule is CC(C)c1ccc(OCC(=O)Nc2cccc(C(N)=O)c2)cc1. The van der Waals surface area contributed by atoms with Gasteiger partial charge in [0, 0.05) is 11.3 Å². The van der Waals surface area contributed by atoms with Crippen molar-refractivity contribution in [3.63, 3.8) is 0 Å².